The normalized spacial score (nSPS) is 17.1. The summed E-state index contributed by atoms with van der Waals surface area (Å²) in [5, 5.41) is 2.55. The Labute approximate surface area is 104 Å². The summed E-state index contributed by atoms with van der Waals surface area (Å²) in [7, 11) is 0. The summed E-state index contributed by atoms with van der Waals surface area (Å²) < 4.78 is 32.2. The van der Waals surface area contributed by atoms with Crippen LogP contribution in [0.2, 0.25) is 0 Å². The summed E-state index contributed by atoms with van der Waals surface area (Å²) in [4.78, 5) is 11.8. The maximum atomic E-state index is 13.7. The Kier molecular flexibility index (Phi) is 3.34. The van der Waals surface area contributed by atoms with Crippen molar-refractivity contribution in [1.29, 1.82) is 0 Å². The molecule has 1 aliphatic heterocycles. The molecular weight excluding hydrogens is 240 g/mol. The fraction of sp³-hybridized carbons (Fsp3) is 0.462. The van der Waals surface area contributed by atoms with Crippen molar-refractivity contribution in [2.45, 2.75) is 13.8 Å². The van der Waals surface area contributed by atoms with Crippen molar-refractivity contribution < 1.29 is 18.3 Å². The van der Waals surface area contributed by atoms with Gasteiger partial charge in [0.1, 0.15) is 17.2 Å². The second-order valence-corrected chi connectivity index (χ2v) is 5.04. The van der Waals surface area contributed by atoms with Gasteiger partial charge in [-0.15, -0.1) is 0 Å². The molecule has 0 bridgehead atoms. The first-order valence-electron chi connectivity index (χ1n) is 5.73. The van der Waals surface area contributed by atoms with E-state index in [4.69, 9.17) is 4.74 Å². The number of carbonyl (C=O) groups is 1. The highest BCUT2D eigenvalue weighted by molar-refractivity contribution is 5.95. The fourth-order valence-corrected chi connectivity index (χ4v) is 1.80. The molecule has 0 saturated carbocycles. The quantitative estimate of drug-likeness (QED) is 0.897. The molecule has 1 amide bonds. The van der Waals surface area contributed by atoms with Crippen LogP contribution in [-0.2, 0) is 4.74 Å². The van der Waals surface area contributed by atoms with E-state index in [9.17, 15) is 13.6 Å². The Morgan fingerprint density at radius 3 is 2.67 bits per heavy atom. The van der Waals surface area contributed by atoms with Crippen LogP contribution in [0.3, 0.4) is 0 Å². The molecule has 98 valence electrons. The van der Waals surface area contributed by atoms with E-state index in [1.807, 2.05) is 6.92 Å². The van der Waals surface area contributed by atoms with Crippen LogP contribution >= 0.6 is 0 Å². The SMILES string of the molecule is Cc1ccc(F)c(C(=O)NCC2(C)COC2)c1F. The third-order valence-corrected chi connectivity index (χ3v) is 3.09. The maximum Gasteiger partial charge on any atom is 0.257 e. The first-order chi connectivity index (χ1) is 8.43. The summed E-state index contributed by atoms with van der Waals surface area (Å²) in [5.74, 6) is -2.37. The maximum absolute atomic E-state index is 13.7. The van der Waals surface area contributed by atoms with E-state index >= 15 is 0 Å². The van der Waals surface area contributed by atoms with Crippen LogP contribution in [0, 0.1) is 24.0 Å². The van der Waals surface area contributed by atoms with Gasteiger partial charge in [0.05, 0.1) is 13.2 Å². The molecule has 0 radical (unpaired) electrons. The lowest BCUT2D eigenvalue weighted by Gasteiger charge is -2.38. The van der Waals surface area contributed by atoms with Crippen LogP contribution in [0.1, 0.15) is 22.8 Å². The zero-order valence-corrected chi connectivity index (χ0v) is 10.3. The van der Waals surface area contributed by atoms with E-state index in [2.05, 4.69) is 5.32 Å². The van der Waals surface area contributed by atoms with Gasteiger partial charge in [0.15, 0.2) is 0 Å². The van der Waals surface area contributed by atoms with Gasteiger partial charge in [0.2, 0.25) is 0 Å². The number of aryl methyl sites for hydroxylation is 1. The van der Waals surface area contributed by atoms with E-state index in [1.165, 1.54) is 13.0 Å². The van der Waals surface area contributed by atoms with Crippen LogP contribution in [0.15, 0.2) is 12.1 Å². The predicted molar refractivity (Wildman–Crippen MR) is 62.4 cm³/mol. The Hall–Kier alpha value is -1.49. The van der Waals surface area contributed by atoms with Gasteiger partial charge in [-0.1, -0.05) is 13.0 Å². The van der Waals surface area contributed by atoms with Crippen molar-refractivity contribution in [2.75, 3.05) is 19.8 Å². The van der Waals surface area contributed by atoms with Gasteiger partial charge in [-0.3, -0.25) is 4.79 Å². The number of nitrogens with one attached hydrogen (secondary N) is 1. The van der Waals surface area contributed by atoms with E-state index in [0.29, 0.717) is 19.8 Å². The lowest BCUT2D eigenvalue weighted by atomic mass is 9.88. The van der Waals surface area contributed by atoms with Crippen molar-refractivity contribution in [3.05, 3.63) is 34.9 Å². The van der Waals surface area contributed by atoms with Gasteiger partial charge in [0, 0.05) is 12.0 Å². The van der Waals surface area contributed by atoms with Gasteiger partial charge in [-0.2, -0.15) is 0 Å². The number of halogens is 2. The highest BCUT2D eigenvalue weighted by atomic mass is 19.1. The smallest absolute Gasteiger partial charge is 0.257 e. The van der Waals surface area contributed by atoms with Gasteiger partial charge in [-0.05, 0) is 18.6 Å². The zero-order chi connectivity index (χ0) is 13.3. The number of ether oxygens (including phenoxy) is 1. The lowest BCUT2D eigenvalue weighted by molar-refractivity contribution is -0.0978. The summed E-state index contributed by atoms with van der Waals surface area (Å²) >= 11 is 0. The Balaban J connectivity index is 2.11. The zero-order valence-electron chi connectivity index (χ0n) is 10.3. The second-order valence-electron chi connectivity index (χ2n) is 5.04. The van der Waals surface area contributed by atoms with Crippen LogP contribution in [0.4, 0.5) is 8.78 Å². The number of benzene rings is 1. The fourth-order valence-electron chi connectivity index (χ4n) is 1.80. The topological polar surface area (TPSA) is 38.3 Å². The summed E-state index contributed by atoms with van der Waals surface area (Å²) in [6, 6.07) is 2.41. The second kappa shape index (κ2) is 4.65. The van der Waals surface area contributed by atoms with E-state index in [0.717, 1.165) is 6.07 Å². The molecular formula is C13H15F2NO2. The molecule has 2 rings (SSSR count). The largest absolute Gasteiger partial charge is 0.380 e. The number of rotatable bonds is 3. The lowest BCUT2D eigenvalue weighted by Crippen LogP contribution is -2.48. The molecule has 1 N–H and O–H groups in total. The molecule has 0 aliphatic carbocycles. The molecule has 0 atom stereocenters. The van der Waals surface area contributed by atoms with Gasteiger partial charge >= 0.3 is 0 Å². The Morgan fingerprint density at radius 2 is 2.11 bits per heavy atom. The molecule has 1 aliphatic rings. The molecule has 5 heteroatoms. The molecule has 1 aromatic rings. The molecule has 18 heavy (non-hydrogen) atoms. The van der Waals surface area contributed by atoms with Crippen LogP contribution < -0.4 is 5.32 Å². The number of hydrogen-bond donors (Lipinski definition) is 1. The third kappa shape index (κ3) is 2.36. The molecule has 1 aromatic carbocycles. The molecule has 1 fully saturated rings. The van der Waals surface area contributed by atoms with Crippen molar-refractivity contribution in [3.8, 4) is 0 Å². The first-order valence-corrected chi connectivity index (χ1v) is 5.73. The minimum Gasteiger partial charge on any atom is -0.380 e. The first kappa shape index (κ1) is 13.0. The molecule has 1 saturated heterocycles. The van der Waals surface area contributed by atoms with Gasteiger partial charge in [-0.25, -0.2) is 8.78 Å². The van der Waals surface area contributed by atoms with E-state index in [1.54, 1.807) is 0 Å². The number of carbonyl (C=O) groups excluding carboxylic acids is 1. The third-order valence-electron chi connectivity index (χ3n) is 3.09. The van der Waals surface area contributed by atoms with E-state index in [-0.39, 0.29) is 11.0 Å². The van der Waals surface area contributed by atoms with Crippen molar-refractivity contribution in [1.82, 2.24) is 5.32 Å². The molecule has 3 nitrogen and oxygen atoms in total. The Bertz CT molecular complexity index is 484. The average Bonchev–Trinajstić information content (AvgIpc) is 2.29. The standard InChI is InChI=1S/C13H15F2NO2/c1-8-3-4-9(14)10(11(8)15)12(17)16-5-13(2)6-18-7-13/h3-4H,5-7H2,1-2H3,(H,16,17). The highest BCUT2D eigenvalue weighted by Crippen LogP contribution is 2.25. The molecule has 1 heterocycles. The predicted octanol–water partition coefficient (Wildman–Crippen LogP) is 2.04. The summed E-state index contributed by atoms with van der Waals surface area (Å²) in [5.41, 5.74) is -0.398. The summed E-state index contributed by atoms with van der Waals surface area (Å²) in [6.07, 6.45) is 0. The number of amides is 1. The van der Waals surface area contributed by atoms with Crippen LogP contribution in [0.5, 0.6) is 0 Å². The summed E-state index contributed by atoms with van der Waals surface area (Å²) in [6.45, 7) is 4.88. The van der Waals surface area contributed by atoms with Crippen molar-refractivity contribution >= 4 is 5.91 Å². The van der Waals surface area contributed by atoms with Crippen molar-refractivity contribution in [3.63, 3.8) is 0 Å². The van der Waals surface area contributed by atoms with Crippen molar-refractivity contribution in [2.24, 2.45) is 5.41 Å². The minimum absolute atomic E-state index is 0.133. The monoisotopic (exact) mass is 255 g/mol. The average molecular weight is 255 g/mol. The Morgan fingerprint density at radius 1 is 1.44 bits per heavy atom. The van der Waals surface area contributed by atoms with Crippen LogP contribution in [-0.4, -0.2) is 25.7 Å². The highest BCUT2D eigenvalue weighted by Gasteiger charge is 2.34. The molecule has 0 spiro atoms. The minimum atomic E-state index is -0.842. The van der Waals surface area contributed by atoms with Gasteiger partial charge in [0.25, 0.3) is 5.91 Å². The van der Waals surface area contributed by atoms with Gasteiger partial charge < -0.3 is 10.1 Å². The molecule has 0 unspecified atom stereocenters. The van der Waals surface area contributed by atoms with Crippen LogP contribution in [0.25, 0.3) is 0 Å². The number of hydrogen-bond acceptors (Lipinski definition) is 2. The van der Waals surface area contributed by atoms with E-state index < -0.39 is 23.1 Å². The molecule has 0 aromatic heterocycles.